The van der Waals surface area contributed by atoms with Crippen molar-refractivity contribution >= 4 is 23.4 Å². The summed E-state index contributed by atoms with van der Waals surface area (Å²) in [6.07, 6.45) is 9.12. The number of carbonyl (C=O) groups is 3. The van der Waals surface area contributed by atoms with Gasteiger partial charge in [-0.3, -0.25) is 19.4 Å². The highest BCUT2D eigenvalue weighted by Crippen LogP contribution is 2.26. The van der Waals surface area contributed by atoms with E-state index in [0.29, 0.717) is 36.4 Å². The molecule has 0 radical (unpaired) electrons. The van der Waals surface area contributed by atoms with Gasteiger partial charge in [0, 0.05) is 37.6 Å². The lowest BCUT2D eigenvalue weighted by molar-refractivity contribution is -0.126. The molecule has 1 aromatic carbocycles. The van der Waals surface area contributed by atoms with Gasteiger partial charge < -0.3 is 15.5 Å². The van der Waals surface area contributed by atoms with Crippen molar-refractivity contribution in [1.29, 1.82) is 0 Å². The molecule has 1 aliphatic heterocycles. The molecule has 1 atom stereocenters. The van der Waals surface area contributed by atoms with Gasteiger partial charge in [0.25, 0.3) is 11.8 Å². The lowest BCUT2D eigenvalue weighted by Gasteiger charge is -2.32. The zero-order valence-electron chi connectivity index (χ0n) is 19.6. The monoisotopic (exact) mass is 450 g/mol. The number of piperidine rings is 1. The maximum absolute atomic E-state index is 13.4. The first kappa shape index (κ1) is 24.4. The van der Waals surface area contributed by atoms with Gasteiger partial charge in [-0.05, 0) is 49.9 Å². The molecular formula is C26H34N4O3. The molecule has 1 aliphatic rings. The quantitative estimate of drug-likeness (QED) is 0.561. The van der Waals surface area contributed by atoms with Crippen LogP contribution in [0.15, 0.2) is 42.7 Å². The Balaban J connectivity index is 1.67. The van der Waals surface area contributed by atoms with Crippen LogP contribution in [0.25, 0.3) is 0 Å². The number of pyridine rings is 1. The highest BCUT2D eigenvalue weighted by molar-refractivity contribution is 6.09. The van der Waals surface area contributed by atoms with E-state index in [9.17, 15) is 14.4 Å². The highest BCUT2D eigenvalue weighted by Gasteiger charge is 2.30. The SMILES string of the molecule is CCCCCCNC(=O)C1CCCN(C(=O)c2cccc(C)c2NC(=O)c2ccncc2)C1. The minimum atomic E-state index is -0.292. The maximum Gasteiger partial charge on any atom is 0.255 e. The lowest BCUT2D eigenvalue weighted by atomic mass is 9.96. The van der Waals surface area contributed by atoms with Crippen LogP contribution in [0.5, 0.6) is 0 Å². The number of rotatable bonds is 9. The molecule has 2 heterocycles. The van der Waals surface area contributed by atoms with Gasteiger partial charge in [0.15, 0.2) is 0 Å². The zero-order valence-corrected chi connectivity index (χ0v) is 19.6. The van der Waals surface area contributed by atoms with Crippen LogP contribution in [-0.2, 0) is 4.79 Å². The molecular weight excluding hydrogens is 416 g/mol. The molecule has 1 aromatic heterocycles. The van der Waals surface area contributed by atoms with Crippen molar-refractivity contribution in [3.63, 3.8) is 0 Å². The smallest absolute Gasteiger partial charge is 0.255 e. The Morgan fingerprint density at radius 2 is 1.88 bits per heavy atom. The molecule has 0 saturated carbocycles. The van der Waals surface area contributed by atoms with E-state index in [4.69, 9.17) is 0 Å². The van der Waals surface area contributed by atoms with Gasteiger partial charge in [-0.15, -0.1) is 0 Å². The largest absolute Gasteiger partial charge is 0.356 e. The molecule has 33 heavy (non-hydrogen) atoms. The molecule has 7 nitrogen and oxygen atoms in total. The van der Waals surface area contributed by atoms with E-state index < -0.39 is 0 Å². The average Bonchev–Trinajstić information content (AvgIpc) is 2.85. The molecule has 3 amide bonds. The molecule has 0 aliphatic carbocycles. The fourth-order valence-corrected chi connectivity index (χ4v) is 4.15. The van der Waals surface area contributed by atoms with Crippen LogP contribution < -0.4 is 10.6 Å². The summed E-state index contributed by atoms with van der Waals surface area (Å²) in [4.78, 5) is 44.5. The van der Waals surface area contributed by atoms with Crippen molar-refractivity contribution in [2.75, 3.05) is 25.0 Å². The summed E-state index contributed by atoms with van der Waals surface area (Å²) in [5.74, 6) is -0.628. The minimum Gasteiger partial charge on any atom is -0.356 e. The molecule has 176 valence electrons. The molecule has 0 spiro atoms. The second-order valence-corrected chi connectivity index (χ2v) is 8.63. The van der Waals surface area contributed by atoms with Crippen LogP contribution in [0.3, 0.4) is 0 Å². The summed E-state index contributed by atoms with van der Waals surface area (Å²) in [6, 6.07) is 8.67. The van der Waals surface area contributed by atoms with E-state index in [-0.39, 0.29) is 23.6 Å². The first-order valence-corrected chi connectivity index (χ1v) is 11.9. The number of unbranched alkanes of at least 4 members (excludes halogenated alkanes) is 3. The number of benzene rings is 1. The molecule has 3 rings (SSSR count). The Kier molecular flexibility index (Phi) is 8.98. The van der Waals surface area contributed by atoms with E-state index in [1.165, 1.54) is 6.42 Å². The fraction of sp³-hybridized carbons (Fsp3) is 0.462. The van der Waals surface area contributed by atoms with Crippen molar-refractivity contribution in [1.82, 2.24) is 15.2 Å². The summed E-state index contributed by atoms with van der Waals surface area (Å²) in [5, 5.41) is 5.94. The van der Waals surface area contributed by atoms with Gasteiger partial charge >= 0.3 is 0 Å². The number of hydrogen-bond donors (Lipinski definition) is 2. The van der Waals surface area contributed by atoms with Crippen molar-refractivity contribution in [2.24, 2.45) is 5.92 Å². The maximum atomic E-state index is 13.4. The number of hydrogen-bond acceptors (Lipinski definition) is 4. The van der Waals surface area contributed by atoms with Crippen molar-refractivity contribution in [2.45, 2.75) is 52.4 Å². The molecule has 1 fully saturated rings. The Labute approximate surface area is 196 Å². The number of anilines is 1. The lowest BCUT2D eigenvalue weighted by Crippen LogP contribution is -2.45. The molecule has 2 N–H and O–H groups in total. The second kappa shape index (κ2) is 12.1. The summed E-state index contributed by atoms with van der Waals surface area (Å²) >= 11 is 0. The van der Waals surface area contributed by atoms with Gasteiger partial charge in [0.1, 0.15) is 0 Å². The van der Waals surface area contributed by atoms with E-state index in [0.717, 1.165) is 37.7 Å². The minimum absolute atomic E-state index is 0.0273. The summed E-state index contributed by atoms with van der Waals surface area (Å²) < 4.78 is 0. The van der Waals surface area contributed by atoms with Gasteiger partial charge in [0.2, 0.25) is 5.91 Å². The average molecular weight is 451 g/mol. The number of amides is 3. The third-order valence-electron chi connectivity index (χ3n) is 6.09. The number of likely N-dealkylation sites (tertiary alicyclic amines) is 1. The van der Waals surface area contributed by atoms with Crippen LogP contribution in [0.2, 0.25) is 0 Å². The van der Waals surface area contributed by atoms with Crippen molar-refractivity contribution in [3.05, 3.63) is 59.4 Å². The van der Waals surface area contributed by atoms with Gasteiger partial charge in [-0.2, -0.15) is 0 Å². The standard InChI is InChI=1S/C26H34N4O3/c1-3-4-5-6-14-28-24(31)21-10-8-17-30(18-21)26(33)22-11-7-9-19(2)23(22)29-25(32)20-12-15-27-16-13-20/h7,9,11-13,15-16,21H,3-6,8,10,14,17-18H2,1-2H3,(H,28,31)(H,29,32). The van der Waals surface area contributed by atoms with Crippen molar-refractivity contribution in [3.8, 4) is 0 Å². The second-order valence-electron chi connectivity index (χ2n) is 8.63. The molecule has 0 bridgehead atoms. The summed E-state index contributed by atoms with van der Waals surface area (Å²) in [6.45, 7) is 5.71. The predicted octanol–water partition coefficient (Wildman–Crippen LogP) is 4.19. The third-order valence-corrected chi connectivity index (χ3v) is 6.09. The molecule has 2 aromatic rings. The Morgan fingerprint density at radius 3 is 2.64 bits per heavy atom. The van der Waals surface area contributed by atoms with Crippen molar-refractivity contribution < 1.29 is 14.4 Å². The van der Waals surface area contributed by atoms with E-state index in [2.05, 4.69) is 22.5 Å². The highest BCUT2D eigenvalue weighted by atomic mass is 16.2. The number of nitrogens with one attached hydrogen (secondary N) is 2. The predicted molar refractivity (Wildman–Crippen MR) is 129 cm³/mol. The van der Waals surface area contributed by atoms with E-state index in [1.54, 1.807) is 35.5 Å². The van der Waals surface area contributed by atoms with Crippen LogP contribution >= 0.6 is 0 Å². The van der Waals surface area contributed by atoms with Crippen LogP contribution in [0, 0.1) is 12.8 Å². The Hall–Kier alpha value is -3.22. The molecule has 1 unspecified atom stereocenters. The fourth-order valence-electron chi connectivity index (χ4n) is 4.15. The number of nitrogens with zero attached hydrogens (tertiary/aromatic N) is 2. The first-order chi connectivity index (χ1) is 16.0. The zero-order chi connectivity index (χ0) is 23.6. The topological polar surface area (TPSA) is 91.4 Å². The van der Waals surface area contributed by atoms with Gasteiger partial charge in [0.05, 0.1) is 17.2 Å². The van der Waals surface area contributed by atoms with Gasteiger partial charge in [-0.1, -0.05) is 38.3 Å². The van der Waals surface area contributed by atoms with Crippen LogP contribution in [0.4, 0.5) is 5.69 Å². The molecule has 1 saturated heterocycles. The summed E-state index contributed by atoms with van der Waals surface area (Å²) in [7, 11) is 0. The Bertz CT molecular complexity index is 961. The van der Waals surface area contributed by atoms with E-state index in [1.807, 2.05) is 19.1 Å². The van der Waals surface area contributed by atoms with Crippen LogP contribution in [0.1, 0.15) is 71.7 Å². The van der Waals surface area contributed by atoms with E-state index >= 15 is 0 Å². The van der Waals surface area contributed by atoms with Crippen LogP contribution in [-0.4, -0.2) is 47.2 Å². The number of para-hydroxylation sites is 1. The first-order valence-electron chi connectivity index (χ1n) is 11.9. The Morgan fingerprint density at radius 1 is 1.09 bits per heavy atom. The summed E-state index contributed by atoms with van der Waals surface area (Å²) in [5.41, 5.74) is 2.23. The number of aryl methyl sites for hydroxylation is 1. The number of carbonyl (C=O) groups excluding carboxylic acids is 3. The normalized spacial score (nSPS) is 15.7. The third kappa shape index (κ3) is 6.63. The number of aromatic nitrogens is 1. The van der Waals surface area contributed by atoms with Gasteiger partial charge in [-0.25, -0.2) is 0 Å². The molecule has 7 heteroatoms.